The highest BCUT2D eigenvalue weighted by Crippen LogP contribution is 2.42. The zero-order valence-corrected chi connectivity index (χ0v) is 8.56. The fraction of sp³-hybridized carbons (Fsp3) is 1.00. The lowest BCUT2D eigenvalue weighted by atomic mass is 9.71. The normalized spacial score (nSPS) is 26.1. The van der Waals surface area contributed by atoms with Crippen LogP contribution in [0.25, 0.3) is 0 Å². The summed E-state index contributed by atoms with van der Waals surface area (Å²) in [6.45, 7) is 4.12. The highest BCUT2D eigenvalue weighted by atomic mass is 19.4. The molecule has 1 aliphatic rings. The van der Waals surface area contributed by atoms with Crippen molar-refractivity contribution in [1.82, 2.24) is 0 Å². The Hall–Kier alpha value is -0.250. The van der Waals surface area contributed by atoms with Crippen molar-refractivity contribution in [2.45, 2.75) is 51.8 Å². The summed E-state index contributed by atoms with van der Waals surface area (Å²) in [6, 6.07) is 0. The first kappa shape index (κ1) is 11.8. The second-order valence-electron chi connectivity index (χ2n) is 4.99. The monoisotopic (exact) mass is 210 g/mol. The Balaban J connectivity index is 2.50. The minimum absolute atomic E-state index is 0.141. The van der Waals surface area contributed by atoms with Crippen molar-refractivity contribution >= 4 is 0 Å². The predicted molar refractivity (Wildman–Crippen MR) is 47.8 cm³/mol. The lowest BCUT2D eigenvalue weighted by Crippen LogP contribution is -2.38. The number of alkyl halides is 3. The molecule has 0 unspecified atom stereocenters. The zero-order valence-electron chi connectivity index (χ0n) is 8.56. The number of hydrogen-bond acceptors (Lipinski definition) is 1. The average Bonchev–Trinajstić information content (AvgIpc) is 2.01. The van der Waals surface area contributed by atoms with E-state index in [0.717, 1.165) is 12.8 Å². The van der Waals surface area contributed by atoms with Gasteiger partial charge in [-0.1, -0.05) is 13.8 Å². The van der Waals surface area contributed by atoms with Crippen molar-refractivity contribution in [3.05, 3.63) is 0 Å². The number of hydrogen-bond donors (Lipinski definition) is 1. The van der Waals surface area contributed by atoms with Crippen LogP contribution in [-0.4, -0.2) is 17.4 Å². The molecular formula is C10H17F3O. The van der Waals surface area contributed by atoms with Gasteiger partial charge in [-0.05, 0) is 37.0 Å². The molecular weight excluding hydrogens is 193 g/mol. The van der Waals surface area contributed by atoms with Gasteiger partial charge in [0.05, 0.1) is 0 Å². The minimum Gasteiger partial charge on any atom is -0.383 e. The topological polar surface area (TPSA) is 20.2 Å². The number of aliphatic hydroxyl groups excluding tert-OH is 1. The van der Waals surface area contributed by atoms with Gasteiger partial charge in [0.15, 0.2) is 6.10 Å². The van der Waals surface area contributed by atoms with E-state index in [2.05, 4.69) is 13.8 Å². The van der Waals surface area contributed by atoms with E-state index < -0.39 is 18.2 Å². The van der Waals surface area contributed by atoms with Crippen LogP contribution < -0.4 is 0 Å². The van der Waals surface area contributed by atoms with E-state index in [0.29, 0.717) is 12.8 Å². The van der Waals surface area contributed by atoms with Crippen LogP contribution in [0.1, 0.15) is 39.5 Å². The van der Waals surface area contributed by atoms with Crippen molar-refractivity contribution < 1.29 is 18.3 Å². The molecule has 0 bridgehead atoms. The Labute approximate surface area is 82.3 Å². The summed E-state index contributed by atoms with van der Waals surface area (Å²) in [5.41, 5.74) is 0.141. The molecule has 0 spiro atoms. The molecule has 0 aromatic heterocycles. The van der Waals surface area contributed by atoms with Gasteiger partial charge >= 0.3 is 6.18 Å². The number of aliphatic hydroxyl groups is 1. The van der Waals surface area contributed by atoms with Crippen molar-refractivity contribution in [2.24, 2.45) is 11.3 Å². The predicted octanol–water partition coefficient (Wildman–Crippen LogP) is 3.13. The second-order valence-corrected chi connectivity index (χ2v) is 4.99. The van der Waals surface area contributed by atoms with Crippen molar-refractivity contribution in [3.63, 3.8) is 0 Å². The molecule has 84 valence electrons. The van der Waals surface area contributed by atoms with Crippen LogP contribution in [-0.2, 0) is 0 Å². The summed E-state index contributed by atoms with van der Waals surface area (Å²) in [7, 11) is 0. The van der Waals surface area contributed by atoms with Gasteiger partial charge in [-0.3, -0.25) is 0 Å². The zero-order chi connectivity index (χ0) is 11.0. The molecule has 0 heterocycles. The van der Waals surface area contributed by atoms with Crippen molar-refractivity contribution in [3.8, 4) is 0 Å². The van der Waals surface area contributed by atoms with Gasteiger partial charge in [-0.25, -0.2) is 0 Å². The maximum Gasteiger partial charge on any atom is 0.414 e. The van der Waals surface area contributed by atoms with Gasteiger partial charge in [-0.15, -0.1) is 0 Å². The molecule has 0 radical (unpaired) electrons. The Morgan fingerprint density at radius 2 is 1.64 bits per heavy atom. The summed E-state index contributed by atoms with van der Waals surface area (Å²) in [6.07, 6.45) is -4.08. The first-order valence-corrected chi connectivity index (χ1v) is 4.97. The number of rotatable bonds is 1. The van der Waals surface area contributed by atoms with Gasteiger partial charge in [0.25, 0.3) is 0 Å². The van der Waals surface area contributed by atoms with Crippen molar-refractivity contribution in [2.75, 3.05) is 0 Å². The van der Waals surface area contributed by atoms with E-state index in [4.69, 9.17) is 5.11 Å². The van der Waals surface area contributed by atoms with Gasteiger partial charge in [-0.2, -0.15) is 13.2 Å². The smallest absolute Gasteiger partial charge is 0.383 e. The quantitative estimate of drug-likeness (QED) is 0.705. The van der Waals surface area contributed by atoms with Gasteiger partial charge < -0.3 is 5.11 Å². The number of halogens is 3. The van der Waals surface area contributed by atoms with Crippen molar-refractivity contribution in [1.29, 1.82) is 0 Å². The SMILES string of the molecule is CC1(C)CCC([C@H](O)C(F)(F)F)CC1. The fourth-order valence-electron chi connectivity index (χ4n) is 2.00. The van der Waals surface area contributed by atoms with Crippen LogP contribution in [0.3, 0.4) is 0 Å². The molecule has 1 N–H and O–H groups in total. The fourth-order valence-corrected chi connectivity index (χ4v) is 2.00. The van der Waals surface area contributed by atoms with Crippen LogP contribution >= 0.6 is 0 Å². The summed E-state index contributed by atoms with van der Waals surface area (Å²) in [5, 5.41) is 9.06. The highest BCUT2D eigenvalue weighted by Gasteiger charge is 2.45. The molecule has 0 amide bonds. The highest BCUT2D eigenvalue weighted by molar-refractivity contribution is 4.84. The average molecular weight is 210 g/mol. The lowest BCUT2D eigenvalue weighted by molar-refractivity contribution is -0.223. The molecule has 4 heteroatoms. The molecule has 1 atom stereocenters. The van der Waals surface area contributed by atoms with Crippen LogP contribution in [0.2, 0.25) is 0 Å². The summed E-state index contributed by atoms with van der Waals surface area (Å²) < 4.78 is 36.5. The molecule has 1 rings (SSSR count). The maximum atomic E-state index is 12.2. The largest absolute Gasteiger partial charge is 0.414 e. The van der Waals surface area contributed by atoms with E-state index in [-0.39, 0.29) is 5.41 Å². The minimum atomic E-state index is -4.45. The van der Waals surface area contributed by atoms with E-state index in [1.54, 1.807) is 0 Å². The van der Waals surface area contributed by atoms with Crippen LogP contribution in [0.5, 0.6) is 0 Å². The molecule has 0 aromatic rings. The summed E-state index contributed by atoms with van der Waals surface area (Å²) >= 11 is 0. The Morgan fingerprint density at radius 3 is 2.00 bits per heavy atom. The van der Waals surface area contributed by atoms with Gasteiger partial charge in [0, 0.05) is 0 Å². The standard InChI is InChI=1S/C10H17F3O/c1-9(2)5-3-7(4-6-9)8(14)10(11,12)13/h7-8,14H,3-6H2,1-2H3/t8-/m0/s1. The Morgan fingerprint density at radius 1 is 1.21 bits per heavy atom. The molecule has 0 saturated heterocycles. The molecule has 1 nitrogen and oxygen atoms in total. The molecule has 0 aliphatic heterocycles. The van der Waals surface area contributed by atoms with Gasteiger partial charge in [0.2, 0.25) is 0 Å². The van der Waals surface area contributed by atoms with Gasteiger partial charge in [0.1, 0.15) is 0 Å². The summed E-state index contributed by atoms with van der Waals surface area (Å²) in [5.74, 6) is -0.594. The molecule has 1 saturated carbocycles. The summed E-state index contributed by atoms with van der Waals surface area (Å²) in [4.78, 5) is 0. The van der Waals surface area contributed by atoms with Crippen LogP contribution in [0.15, 0.2) is 0 Å². The third kappa shape index (κ3) is 2.87. The van der Waals surface area contributed by atoms with E-state index >= 15 is 0 Å². The Bertz CT molecular complexity index is 188. The molecule has 0 aromatic carbocycles. The molecule has 1 fully saturated rings. The van der Waals surface area contributed by atoms with E-state index in [1.807, 2.05) is 0 Å². The lowest BCUT2D eigenvalue weighted by Gasteiger charge is -2.36. The maximum absolute atomic E-state index is 12.2. The first-order chi connectivity index (χ1) is 6.22. The third-order valence-corrected chi connectivity index (χ3v) is 3.17. The van der Waals surface area contributed by atoms with E-state index in [1.165, 1.54) is 0 Å². The van der Waals surface area contributed by atoms with Crippen LogP contribution in [0.4, 0.5) is 13.2 Å². The van der Waals surface area contributed by atoms with E-state index in [9.17, 15) is 13.2 Å². The molecule has 1 aliphatic carbocycles. The third-order valence-electron chi connectivity index (χ3n) is 3.17. The van der Waals surface area contributed by atoms with Crippen LogP contribution in [0, 0.1) is 11.3 Å². The molecule has 14 heavy (non-hydrogen) atoms. The first-order valence-electron chi connectivity index (χ1n) is 4.97. The Kier molecular flexibility index (Phi) is 3.14. The second kappa shape index (κ2) is 3.72.